The molecule has 0 amide bonds. The Bertz CT molecular complexity index is 1860. The van der Waals surface area contributed by atoms with Gasteiger partial charge in [-0.25, -0.2) is 0 Å². The fourth-order valence-corrected chi connectivity index (χ4v) is 18.7. The van der Waals surface area contributed by atoms with Crippen molar-refractivity contribution in [1.29, 1.82) is 0 Å². The van der Waals surface area contributed by atoms with Crippen LogP contribution in [-0.2, 0) is 32.1 Å². The first-order valence-corrected chi connectivity index (χ1v) is 23.0. The van der Waals surface area contributed by atoms with Crippen LogP contribution in [0.4, 0.5) is 0 Å². The summed E-state index contributed by atoms with van der Waals surface area (Å²) in [5.74, 6) is 1.32. The minimum Gasteiger partial charge on any atom is -1.00 e. The minimum absolute atomic E-state index is 0. The largest absolute Gasteiger partial charge is 1.00 e. The molecule has 0 spiro atoms. The molecule has 0 atom stereocenters. The van der Waals surface area contributed by atoms with Crippen LogP contribution in [0.25, 0.3) is 33.4 Å². The van der Waals surface area contributed by atoms with Crippen LogP contribution in [-0.4, -0.2) is 3.21 Å². The van der Waals surface area contributed by atoms with Gasteiger partial charge in [-0.2, -0.15) is 0 Å². The molecule has 0 aromatic heterocycles. The van der Waals surface area contributed by atoms with Gasteiger partial charge in [0.1, 0.15) is 0 Å². The molecular formula is C49H60Cl2Zr. The summed E-state index contributed by atoms with van der Waals surface area (Å²) in [6.45, 7) is 28.5. The van der Waals surface area contributed by atoms with E-state index in [1.54, 1.807) is 14.4 Å². The maximum Gasteiger partial charge on any atom is -1.00 e. The van der Waals surface area contributed by atoms with Crippen molar-refractivity contribution < 1.29 is 46.1 Å². The van der Waals surface area contributed by atoms with Crippen LogP contribution in [0.2, 0.25) is 0 Å². The van der Waals surface area contributed by atoms with E-state index >= 15 is 0 Å². The van der Waals surface area contributed by atoms with E-state index < -0.39 is 21.3 Å². The third kappa shape index (κ3) is 8.80. The predicted molar refractivity (Wildman–Crippen MR) is 217 cm³/mol. The zero-order valence-corrected chi connectivity index (χ0v) is 37.7. The second-order valence-electron chi connectivity index (χ2n) is 18.2. The van der Waals surface area contributed by atoms with Crippen molar-refractivity contribution in [3.8, 4) is 33.4 Å². The average molecular weight is 811 g/mol. The van der Waals surface area contributed by atoms with Gasteiger partial charge >= 0.3 is 314 Å². The van der Waals surface area contributed by atoms with Crippen LogP contribution in [0.5, 0.6) is 0 Å². The third-order valence-corrected chi connectivity index (χ3v) is 19.2. The molecule has 0 bridgehead atoms. The molecular weight excluding hydrogens is 751 g/mol. The van der Waals surface area contributed by atoms with Crippen LogP contribution >= 0.6 is 0 Å². The van der Waals surface area contributed by atoms with Gasteiger partial charge < -0.3 is 24.8 Å². The SMILES string of the molecule is Cc1ccc(-c2cc3c(cc2C(C)(C)C)-c2cc(C(C)(C)C)c(-c4ccc(C)cc4)cc2[CH]3[Zr+2]([C]2=CC=CC2)=[C](CC(C)C)CC(C)C)cc1.[Cl-].[Cl-]. The third-order valence-electron chi connectivity index (χ3n) is 10.7. The van der Waals surface area contributed by atoms with Crippen molar-refractivity contribution in [3.63, 3.8) is 0 Å². The number of aryl methyl sites for hydroxylation is 2. The van der Waals surface area contributed by atoms with E-state index in [1.807, 2.05) is 3.21 Å². The van der Waals surface area contributed by atoms with Gasteiger partial charge in [0.05, 0.1) is 0 Å². The summed E-state index contributed by atoms with van der Waals surface area (Å²) in [5.41, 5.74) is 17.2. The van der Waals surface area contributed by atoms with Crippen LogP contribution in [0.3, 0.4) is 0 Å². The molecule has 3 heteroatoms. The molecule has 4 aromatic carbocycles. The van der Waals surface area contributed by atoms with E-state index in [9.17, 15) is 0 Å². The first-order valence-electron chi connectivity index (χ1n) is 19.1. The quantitative estimate of drug-likeness (QED) is 0.169. The zero-order valence-electron chi connectivity index (χ0n) is 33.8. The standard InChI is InChI=1S/C35H37.C9H18.C5H5.2ClH.Zr/c1-22-9-13-24(14-10-22)30-18-26-17-27-19-31(25-15-11-23(2)12-16-25)33(35(6,7)8)21-29(27)28(26)20-32(30)34(3,4)5;1-8(2)6-5-7-9(3)4;1-2-4-5-3-1;;;/h9-21H,1-8H3;8-9H,6-7H2,1-4H3;1-3H,4H2;2*1H;/q;;;;;+2/p-2. The molecule has 0 saturated heterocycles. The summed E-state index contributed by atoms with van der Waals surface area (Å²) >= 11 is -2.53. The van der Waals surface area contributed by atoms with Crippen LogP contribution in [0.1, 0.15) is 126 Å². The van der Waals surface area contributed by atoms with Gasteiger partial charge in [0.25, 0.3) is 0 Å². The van der Waals surface area contributed by atoms with Crippen molar-refractivity contribution in [2.75, 3.05) is 0 Å². The Morgan fingerprint density at radius 3 is 1.35 bits per heavy atom. The maximum absolute atomic E-state index is 2.68. The summed E-state index contributed by atoms with van der Waals surface area (Å²) in [4.78, 5) is 0. The van der Waals surface area contributed by atoms with E-state index in [0.717, 1.165) is 6.42 Å². The second-order valence-corrected chi connectivity index (χ2v) is 24.9. The van der Waals surface area contributed by atoms with Crippen molar-refractivity contribution in [2.45, 2.75) is 117 Å². The van der Waals surface area contributed by atoms with Gasteiger partial charge in [0.2, 0.25) is 0 Å². The van der Waals surface area contributed by atoms with Crippen molar-refractivity contribution in [2.24, 2.45) is 11.8 Å². The Hall–Kier alpha value is -2.31. The van der Waals surface area contributed by atoms with Crippen LogP contribution < -0.4 is 24.8 Å². The Morgan fingerprint density at radius 1 is 0.615 bits per heavy atom. The van der Waals surface area contributed by atoms with Crippen molar-refractivity contribution in [3.05, 3.63) is 128 Å². The molecule has 2 aliphatic rings. The number of hydrogen-bond donors (Lipinski definition) is 0. The van der Waals surface area contributed by atoms with E-state index in [4.69, 9.17) is 0 Å². The zero-order chi connectivity index (χ0) is 36.1. The van der Waals surface area contributed by atoms with Crippen LogP contribution in [0, 0.1) is 25.7 Å². The van der Waals surface area contributed by atoms with E-state index in [-0.39, 0.29) is 35.6 Å². The van der Waals surface area contributed by atoms with Gasteiger partial charge in [-0.05, 0) is 0 Å². The molecule has 0 unspecified atom stereocenters. The number of rotatable bonds is 8. The fourth-order valence-electron chi connectivity index (χ4n) is 8.39. The second kappa shape index (κ2) is 16.6. The molecule has 4 aromatic rings. The minimum atomic E-state index is -2.53. The van der Waals surface area contributed by atoms with Crippen molar-refractivity contribution >= 4 is 3.21 Å². The molecule has 0 aliphatic heterocycles. The van der Waals surface area contributed by atoms with Gasteiger partial charge in [-0.1, -0.05) is 0 Å². The van der Waals surface area contributed by atoms with Gasteiger partial charge in [0, 0.05) is 0 Å². The molecule has 2 aliphatic carbocycles. The Kier molecular flexibility index (Phi) is 13.5. The van der Waals surface area contributed by atoms with E-state index in [0.29, 0.717) is 15.5 Å². The number of hydrogen-bond acceptors (Lipinski definition) is 0. The summed E-state index contributed by atoms with van der Waals surface area (Å²) < 4.78 is 4.16. The average Bonchev–Trinajstić information content (AvgIpc) is 3.66. The number of allylic oxidation sites excluding steroid dienone is 4. The molecule has 6 rings (SSSR count). The molecule has 0 heterocycles. The molecule has 0 saturated carbocycles. The Morgan fingerprint density at radius 2 is 1.02 bits per heavy atom. The molecule has 0 N–H and O–H groups in total. The van der Waals surface area contributed by atoms with Crippen molar-refractivity contribution in [1.82, 2.24) is 0 Å². The number of halogens is 2. The smallest absolute Gasteiger partial charge is 1.00 e. The predicted octanol–water partition coefficient (Wildman–Crippen LogP) is 8.04. The van der Waals surface area contributed by atoms with Gasteiger partial charge in [-0.15, -0.1) is 0 Å². The molecule has 52 heavy (non-hydrogen) atoms. The molecule has 0 nitrogen and oxygen atoms in total. The summed E-state index contributed by atoms with van der Waals surface area (Å²) in [6.07, 6.45) is 11.0. The topological polar surface area (TPSA) is 0 Å². The first kappa shape index (κ1) is 42.4. The van der Waals surface area contributed by atoms with E-state index in [2.05, 4.69) is 174 Å². The monoisotopic (exact) mass is 808 g/mol. The summed E-state index contributed by atoms with van der Waals surface area (Å²) in [7, 11) is 0. The Balaban J connectivity index is 0.00000302. The fraction of sp³-hybridized carbons (Fsp3) is 0.408. The Labute approximate surface area is 336 Å². The normalized spacial score (nSPS) is 13.7. The van der Waals surface area contributed by atoms with Gasteiger partial charge in [0.15, 0.2) is 0 Å². The van der Waals surface area contributed by atoms with Crippen LogP contribution in [0.15, 0.2) is 94.3 Å². The maximum atomic E-state index is 2.68. The van der Waals surface area contributed by atoms with E-state index in [1.165, 1.54) is 68.5 Å². The van der Waals surface area contributed by atoms with Gasteiger partial charge in [-0.3, -0.25) is 0 Å². The first-order chi connectivity index (χ1) is 23.5. The number of benzene rings is 4. The number of fused-ring (bicyclic) bond motifs is 3. The molecule has 274 valence electrons. The molecule has 0 fully saturated rings. The molecule has 0 radical (unpaired) electrons. The summed E-state index contributed by atoms with van der Waals surface area (Å²) in [6, 6.07) is 29.2. The summed E-state index contributed by atoms with van der Waals surface area (Å²) in [5, 5.41) is 0.